The Morgan fingerprint density at radius 3 is 1.93 bits per heavy atom. The van der Waals surface area contributed by atoms with Crippen molar-refractivity contribution in [2.24, 2.45) is 0 Å². The molecule has 0 aliphatic heterocycles. The molecule has 0 aliphatic rings. The van der Waals surface area contributed by atoms with E-state index in [4.69, 9.17) is 0 Å². The van der Waals surface area contributed by atoms with E-state index in [2.05, 4.69) is 10.0 Å². The molecule has 0 heterocycles. The summed E-state index contributed by atoms with van der Waals surface area (Å²) < 4.78 is 56.6. The highest BCUT2D eigenvalue weighted by molar-refractivity contribution is 7.93. The highest BCUT2D eigenvalue weighted by Gasteiger charge is 2.28. The predicted molar refractivity (Wildman–Crippen MR) is 159 cm³/mol. The van der Waals surface area contributed by atoms with Gasteiger partial charge in [-0.05, 0) is 99.0 Å². The average molecular weight is 578 g/mol. The number of carbonyl (C=O) groups excluding carboxylic acids is 1. The molecule has 0 saturated carbocycles. The zero-order valence-corrected chi connectivity index (χ0v) is 24.3. The number of rotatable bonds is 9. The van der Waals surface area contributed by atoms with Crippen molar-refractivity contribution in [2.45, 2.75) is 37.5 Å². The molecule has 0 aromatic heterocycles. The van der Waals surface area contributed by atoms with Crippen molar-refractivity contribution in [3.63, 3.8) is 0 Å². The molecule has 0 bridgehead atoms. The molecule has 1 amide bonds. The van der Waals surface area contributed by atoms with Gasteiger partial charge in [-0.3, -0.25) is 13.8 Å². The molecule has 0 aliphatic carbocycles. The molecular formula is C30H31N3O5S2. The summed E-state index contributed by atoms with van der Waals surface area (Å²) in [6, 6.07) is 24.5. The summed E-state index contributed by atoms with van der Waals surface area (Å²) in [7, 11) is -7.91. The summed E-state index contributed by atoms with van der Waals surface area (Å²) in [6.07, 6.45) is 0. The highest BCUT2D eigenvalue weighted by atomic mass is 32.2. The second-order valence-corrected chi connectivity index (χ2v) is 13.2. The maximum absolute atomic E-state index is 13.7. The van der Waals surface area contributed by atoms with Crippen molar-refractivity contribution in [2.75, 3.05) is 20.9 Å². The summed E-state index contributed by atoms with van der Waals surface area (Å²) in [6.45, 7) is 6.89. The number of anilines is 3. The monoisotopic (exact) mass is 577 g/mol. The number of amides is 1. The number of hydrogen-bond donors (Lipinski definition) is 2. The van der Waals surface area contributed by atoms with Crippen LogP contribution < -0.4 is 14.3 Å². The van der Waals surface area contributed by atoms with Gasteiger partial charge >= 0.3 is 0 Å². The molecule has 4 aromatic carbocycles. The van der Waals surface area contributed by atoms with E-state index in [9.17, 15) is 21.6 Å². The van der Waals surface area contributed by atoms with Crippen LogP contribution in [-0.2, 0) is 24.8 Å². The van der Waals surface area contributed by atoms with E-state index in [1.807, 2.05) is 39.0 Å². The third-order valence-electron chi connectivity index (χ3n) is 6.25. The summed E-state index contributed by atoms with van der Waals surface area (Å²) in [5.41, 5.74) is 4.55. The molecule has 4 aromatic rings. The smallest absolute Gasteiger partial charge is 0.264 e. The first kappa shape index (κ1) is 28.8. The van der Waals surface area contributed by atoms with E-state index >= 15 is 0 Å². The van der Waals surface area contributed by atoms with Gasteiger partial charge in [-0.25, -0.2) is 16.8 Å². The molecule has 40 heavy (non-hydrogen) atoms. The third kappa shape index (κ3) is 6.70. The van der Waals surface area contributed by atoms with Crippen LogP contribution in [-0.4, -0.2) is 29.3 Å². The second kappa shape index (κ2) is 11.5. The van der Waals surface area contributed by atoms with Crippen LogP contribution in [0, 0.1) is 27.7 Å². The minimum Gasteiger partial charge on any atom is -0.325 e. The van der Waals surface area contributed by atoms with Crippen LogP contribution in [0.5, 0.6) is 0 Å². The SMILES string of the molecule is Cc1ccc(S(=O)(=O)N(CC(=O)Nc2ccc(S(=O)(=O)Nc3cccc(C)c3)cc2)c2cc(C)ccc2C)cc1. The van der Waals surface area contributed by atoms with E-state index in [0.29, 0.717) is 22.6 Å². The lowest BCUT2D eigenvalue weighted by molar-refractivity contribution is -0.114. The van der Waals surface area contributed by atoms with E-state index in [-0.39, 0.29) is 9.79 Å². The Labute approximate surface area is 235 Å². The summed E-state index contributed by atoms with van der Waals surface area (Å²) in [5, 5.41) is 2.68. The zero-order chi connectivity index (χ0) is 29.1. The van der Waals surface area contributed by atoms with Crippen LogP contribution in [0.15, 0.2) is 101 Å². The molecule has 0 saturated heterocycles. The van der Waals surface area contributed by atoms with Gasteiger partial charge in [0, 0.05) is 11.4 Å². The lowest BCUT2D eigenvalue weighted by atomic mass is 10.1. The minimum atomic E-state index is -4.07. The Morgan fingerprint density at radius 2 is 1.27 bits per heavy atom. The number of benzene rings is 4. The number of nitrogens with one attached hydrogen (secondary N) is 2. The fourth-order valence-electron chi connectivity index (χ4n) is 4.10. The van der Waals surface area contributed by atoms with Gasteiger partial charge in [0.25, 0.3) is 20.0 Å². The number of hydrogen-bond acceptors (Lipinski definition) is 5. The minimum absolute atomic E-state index is 0.0194. The van der Waals surface area contributed by atoms with E-state index in [1.54, 1.807) is 43.3 Å². The number of carbonyl (C=O) groups is 1. The van der Waals surface area contributed by atoms with Gasteiger partial charge in [0.1, 0.15) is 6.54 Å². The predicted octanol–water partition coefficient (Wildman–Crippen LogP) is 5.56. The summed E-state index contributed by atoms with van der Waals surface area (Å²) >= 11 is 0. The first-order chi connectivity index (χ1) is 18.8. The van der Waals surface area contributed by atoms with E-state index in [1.165, 1.54) is 36.4 Å². The van der Waals surface area contributed by atoms with Gasteiger partial charge < -0.3 is 5.32 Å². The molecule has 0 fully saturated rings. The molecule has 0 atom stereocenters. The Balaban J connectivity index is 1.56. The number of aryl methyl sites for hydroxylation is 4. The maximum Gasteiger partial charge on any atom is 0.264 e. The van der Waals surface area contributed by atoms with Gasteiger partial charge in [-0.1, -0.05) is 42.0 Å². The highest BCUT2D eigenvalue weighted by Crippen LogP contribution is 2.28. The normalized spacial score (nSPS) is 11.6. The van der Waals surface area contributed by atoms with Gasteiger partial charge in [0.15, 0.2) is 0 Å². The van der Waals surface area contributed by atoms with Crippen LogP contribution >= 0.6 is 0 Å². The molecule has 2 N–H and O–H groups in total. The van der Waals surface area contributed by atoms with E-state index < -0.39 is 32.5 Å². The van der Waals surface area contributed by atoms with Crippen molar-refractivity contribution in [1.82, 2.24) is 0 Å². The first-order valence-corrected chi connectivity index (χ1v) is 15.4. The fourth-order valence-corrected chi connectivity index (χ4v) is 6.62. The molecule has 0 radical (unpaired) electrons. The van der Waals surface area contributed by atoms with Crippen LogP contribution in [0.1, 0.15) is 22.3 Å². The van der Waals surface area contributed by atoms with Crippen LogP contribution in [0.4, 0.5) is 17.1 Å². The van der Waals surface area contributed by atoms with Gasteiger partial charge in [0.2, 0.25) is 5.91 Å². The standard InChI is InChI=1S/C30H31N3O5S2/c1-21-9-14-28(15-10-21)40(37,38)33(29-19-23(3)8-11-24(29)4)20-30(34)31-25-12-16-27(17-13-25)39(35,36)32-26-7-5-6-22(2)18-26/h5-19,32H,20H2,1-4H3,(H,31,34). The molecule has 208 valence electrons. The van der Waals surface area contributed by atoms with E-state index in [0.717, 1.165) is 21.0 Å². The van der Waals surface area contributed by atoms with Gasteiger partial charge in [0.05, 0.1) is 15.5 Å². The quantitative estimate of drug-likeness (QED) is 0.271. The largest absolute Gasteiger partial charge is 0.325 e. The second-order valence-electron chi connectivity index (χ2n) is 9.66. The van der Waals surface area contributed by atoms with Crippen LogP contribution in [0.3, 0.4) is 0 Å². The van der Waals surface area contributed by atoms with Gasteiger partial charge in [-0.2, -0.15) is 0 Å². The average Bonchev–Trinajstić information content (AvgIpc) is 2.89. The molecule has 4 rings (SSSR count). The third-order valence-corrected chi connectivity index (χ3v) is 9.42. The Morgan fingerprint density at radius 1 is 0.675 bits per heavy atom. The molecular weight excluding hydrogens is 546 g/mol. The maximum atomic E-state index is 13.7. The lowest BCUT2D eigenvalue weighted by Gasteiger charge is -2.26. The van der Waals surface area contributed by atoms with Crippen molar-refractivity contribution in [3.05, 3.63) is 113 Å². The molecule has 8 nitrogen and oxygen atoms in total. The molecule has 10 heteroatoms. The molecule has 0 unspecified atom stereocenters. The first-order valence-electron chi connectivity index (χ1n) is 12.5. The zero-order valence-electron chi connectivity index (χ0n) is 22.7. The number of nitrogens with zero attached hydrogens (tertiary/aromatic N) is 1. The summed E-state index contributed by atoms with van der Waals surface area (Å²) in [4.78, 5) is 13.2. The van der Waals surface area contributed by atoms with Crippen molar-refractivity contribution >= 4 is 43.0 Å². The van der Waals surface area contributed by atoms with Crippen LogP contribution in [0.2, 0.25) is 0 Å². The Kier molecular flexibility index (Phi) is 8.32. The topological polar surface area (TPSA) is 113 Å². The van der Waals surface area contributed by atoms with Crippen molar-refractivity contribution in [1.29, 1.82) is 0 Å². The van der Waals surface area contributed by atoms with Gasteiger partial charge in [-0.15, -0.1) is 0 Å². The van der Waals surface area contributed by atoms with Crippen molar-refractivity contribution in [3.8, 4) is 0 Å². The Bertz CT molecular complexity index is 1750. The van der Waals surface area contributed by atoms with Crippen molar-refractivity contribution < 1.29 is 21.6 Å². The van der Waals surface area contributed by atoms with Crippen LogP contribution in [0.25, 0.3) is 0 Å². The fraction of sp³-hybridized carbons (Fsp3) is 0.167. The summed E-state index contributed by atoms with van der Waals surface area (Å²) in [5.74, 6) is -0.579. The lowest BCUT2D eigenvalue weighted by Crippen LogP contribution is -2.38. The Hall–Kier alpha value is -4.15. The molecule has 0 spiro atoms. The number of sulfonamides is 2.